The Morgan fingerprint density at radius 1 is 0.875 bits per heavy atom. The summed E-state index contributed by atoms with van der Waals surface area (Å²) in [5, 5.41) is 4.37. The summed E-state index contributed by atoms with van der Waals surface area (Å²) < 4.78 is 0. The van der Waals surface area contributed by atoms with Crippen molar-refractivity contribution >= 4 is 14.1 Å². The van der Waals surface area contributed by atoms with Gasteiger partial charge in [0, 0.05) is 0 Å². The second-order valence-electron chi connectivity index (χ2n) is 5.81. The van der Waals surface area contributed by atoms with E-state index in [1.165, 1.54) is 15.8 Å². The third-order valence-electron chi connectivity index (χ3n) is 2.98. The maximum absolute atomic E-state index is 2.37. The van der Waals surface area contributed by atoms with Crippen molar-refractivity contribution in [3.63, 3.8) is 0 Å². The number of rotatable bonds is 6. The maximum atomic E-state index is 2.37. The second kappa shape index (κ2) is 7.15. The highest BCUT2D eigenvalue weighted by atomic mass is 27.2. The lowest BCUT2D eigenvalue weighted by Gasteiger charge is -2.16. The van der Waals surface area contributed by atoms with E-state index in [9.17, 15) is 0 Å². The van der Waals surface area contributed by atoms with Crippen molar-refractivity contribution < 1.29 is 0 Å². The monoisotopic (exact) mass is 232 g/mol. The van der Waals surface area contributed by atoms with Crippen LogP contribution < -0.4 is 0 Å². The first kappa shape index (κ1) is 13.8. The summed E-state index contributed by atoms with van der Waals surface area (Å²) in [5.41, 5.74) is 1.56. The van der Waals surface area contributed by atoms with E-state index < -0.39 is 14.1 Å². The van der Waals surface area contributed by atoms with Crippen LogP contribution in [0, 0.1) is 11.8 Å². The summed E-state index contributed by atoms with van der Waals surface area (Å²) in [6.07, 6.45) is 0. The van der Waals surface area contributed by atoms with E-state index in [2.05, 4.69) is 58.0 Å². The van der Waals surface area contributed by atoms with E-state index in [1.807, 2.05) is 0 Å². The van der Waals surface area contributed by atoms with Gasteiger partial charge in [-0.25, -0.2) is 0 Å². The van der Waals surface area contributed by atoms with Gasteiger partial charge in [-0.15, -0.1) is 0 Å². The Balaban J connectivity index is 2.56. The first-order chi connectivity index (χ1) is 7.58. The standard InChI is InChI=1S/C7H7.2C4H9.Al/c1-7-5-3-2-4-6-7;2*1-4(2)3;/h2-6H,1H2;2*4H,1H2,2-3H3;. The summed E-state index contributed by atoms with van der Waals surface area (Å²) in [6, 6.07) is 11.0. The molecule has 0 radical (unpaired) electrons. The van der Waals surface area contributed by atoms with Gasteiger partial charge in [-0.3, -0.25) is 0 Å². The van der Waals surface area contributed by atoms with Crippen LogP contribution in [-0.4, -0.2) is 14.1 Å². The molecule has 1 rings (SSSR count). The Morgan fingerprint density at radius 2 is 1.38 bits per heavy atom. The highest BCUT2D eigenvalue weighted by Crippen LogP contribution is 2.18. The van der Waals surface area contributed by atoms with Crippen LogP contribution >= 0.6 is 0 Å². The number of hydrogen-bond donors (Lipinski definition) is 0. The quantitative estimate of drug-likeness (QED) is 0.630. The van der Waals surface area contributed by atoms with E-state index in [0.717, 1.165) is 11.8 Å². The van der Waals surface area contributed by atoms with Crippen molar-refractivity contribution in [2.45, 2.75) is 43.5 Å². The van der Waals surface area contributed by atoms with Crippen LogP contribution in [0.15, 0.2) is 30.3 Å². The fourth-order valence-corrected chi connectivity index (χ4v) is 6.67. The van der Waals surface area contributed by atoms with E-state index >= 15 is 0 Å². The highest BCUT2D eigenvalue weighted by Gasteiger charge is 2.20. The smallest absolute Gasteiger partial charge is 0.0913 e. The predicted molar refractivity (Wildman–Crippen MR) is 75.2 cm³/mol. The molecule has 88 valence electrons. The fraction of sp³-hybridized carbons (Fsp3) is 0.600. The van der Waals surface area contributed by atoms with Gasteiger partial charge in [0.25, 0.3) is 14.1 Å². The number of hydrogen-bond acceptors (Lipinski definition) is 0. The molecule has 0 N–H and O–H groups in total. The zero-order valence-corrected chi connectivity index (χ0v) is 12.4. The summed E-state index contributed by atoms with van der Waals surface area (Å²) in [5.74, 6) is 1.75. The van der Waals surface area contributed by atoms with Crippen LogP contribution in [0.4, 0.5) is 0 Å². The lowest BCUT2D eigenvalue weighted by Crippen LogP contribution is -2.21. The van der Waals surface area contributed by atoms with Gasteiger partial charge >= 0.3 is 0 Å². The molecule has 16 heavy (non-hydrogen) atoms. The SMILES string of the molecule is CC(C)[CH2][Al]([CH2]c1ccccc1)[CH2]C(C)C. The van der Waals surface area contributed by atoms with Gasteiger partial charge in [0.15, 0.2) is 0 Å². The molecular formula is C15H25Al. The first-order valence-electron chi connectivity index (χ1n) is 6.61. The minimum absolute atomic E-state index is 0.576. The highest BCUT2D eigenvalue weighted by molar-refractivity contribution is 6.58. The molecule has 0 unspecified atom stereocenters. The minimum atomic E-state index is -0.576. The molecule has 0 aliphatic carbocycles. The van der Waals surface area contributed by atoms with E-state index in [4.69, 9.17) is 0 Å². The van der Waals surface area contributed by atoms with Crippen molar-refractivity contribution in [3.05, 3.63) is 35.9 Å². The summed E-state index contributed by atoms with van der Waals surface area (Å²) in [7, 11) is 0. The molecule has 0 saturated carbocycles. The Bertz CT molecular complexity index is 267. The molecule has 0 spiro atoms. The van der Waals surface area contributed by atoms with Crippen LogP contribution in [0.25, 0.3) is 0 Å². The molecule has 0 aromatic heterocycles. The van der Waals surface area contributed by atoms with Gasteiger partial charge in [-0.05, 0) is 0 Å². The van der Waals surface area contributed by atoms with Gasteiger partial charge in [-0.1, -0.05) is 91.3 Å². The van der Waals surface area contributed by atoms with E-state index in [0.29, 0.717) is 0 Å². The summed E-state index contributed by atoms with van der Waals surface area (Å²) in [6.45, 7) is 9.47. The lowest BCUT2D eigenvalue weighted by atomic mass is 10.2. The molecular weight excluding hydrogens is 207 g/mol. The van der Waals surface area contributed by atoms with Crippen LogP contribution in [-0.2, 0) is 5.28 Å². The second-order valence-corrected chi connectivity index (χ2v) is 8.90. The molecule has 0 heterocycles. The molecule has 0 bridgehead atoms. The average molecular weight is 232 g/mol. The van der Waals surface area contributed by atoms with Gasteiger partial charge < -0.3 is 0 Å². The van der Waals surface area contributed by atoms with Crippen LogP contribution in [0.1, 0.15) is 33.3 Å². The molecule has 0 aliphatic rings. The van der Waals surface area contributed by atoms with Crippen LogP contribution in [0.2, 0.25) is 10.6 Å². The topological polar surface area (TPSA) is 0 Å². The number of benzene rings is 1. The largest absolute Gasteiger partial charge is 0.267 e. The maximum Gasteiger partial charge on any atom is 0.267 e. The van der Waals surface area contributed by atoms with E-state index in [1.54, 1.807) is 5.56 Å². The molecule has 0 aliphatic heterocycles. The molecule has 0 nitrogen and oxygen atoms in total. The zero-order valence-electron chi connectivity index (χ0n) is 11.2. The molecule has 1 heteroatoms. The van der Waals surface area contributed by atoms with Crippen molar-refractivity contribution in [2.24, 2.45) is 11.8 Å². The van der Waals surface area contributed by atoms with Crippen molar-refractivity contribution in [1.82, 2.24) is 0 Å². The predicted octanol–water partition coefficient (Wildman–Crippen LogP) is 4.58. The van der Waals surface area contributed by atoms with Crippen molar-refractivity contribution in [2.75, 3.05) is 0 Å². The Kier molecular flexibility index (Phi) is 6.18. The Hall–Kier alpha value is -0.248. The molecule has 0 amide bonds. The van der Waals surface area contributed by atoms with Crippen molar-refractivity contribution in [1.29, 1.82) is 0 Å². The molecule has 0 fully saturated rings. The summed E-state index contributed by atoms with van der Waals surface area (Å²) >= 11 is -0.576. The normalized spacial score (nSPS) is 11.1. The third-order valence-corrected chi connectivity index (χ3v) is 7.24. The van der Waals surface area contributed by atoms with Gasteiger partial charge in [0.05, 0.1) is 0 Å². The molecule has 1 aromatic carbocycles. The summed E-state index contributed by atoms with van der Waals surface area (Å²) in [4.78, 5) is 0. The van der Waals surface area contributed by atoms with Gasteiger partial charge in [-0.2, -0.15) is 0 Å². The van der Waals surface area contributed by atoms with E-state index in [-0.39, 0.29) is 0 Å². The van der Waals surface area contributed by atoms with Gasteiger partial charge in [0.1, 0.15) is 0 Å². The first-order valence-corrected chi connectivity index (χ1v) is 9.06. The molecule has 0 saturated heterocycles. The van der Waals surface area contributed by atoms with Crippen molar-refractivity contribution in [3.8, 4) is 0 Å². The molecule has 1 aromatic rings. The Morgan fingerprint density at radius 3 is 1.81 bits per heavy atom. The zero-order chi connectivity index (χ0) is 12.0. The minimum Gasteiger partial charge on any atom is -0.0913 e. The molecule has 0 atom stereocenters. The Labute approximate surface area is 105 Å². The van der Waals surface area contributed by atoms with Gasteiger partial charge in [0.2, 0.25) is 0 Å². The third kappa shape index (κ3) is 5.73. The lowest BCUT2D eigenvalue weighted by molar-refractivity contribution is 0.687. The van der Waals surface area contributed by atoms with Crippen LogP contribution in [0.3, 0.4) is 0 Å². The fourth-order valence-electron chi connectivity index (χ4n) is 2.54. The average Bonchev–Trinajstić information content (AvgIpc) is 2.16. The van der Waals surface area contributed by atoms with Crippen LogP contribution in [0.5, 0.6) is 0 Å².